The average molecular weight is 463 g/mol. The molecule has 2 heterocycles. The molecule has 3 aromatic rings. The van der Waals surface area contributed by atoms with Crippen LogP contribution in [0.3, 0.4) is 0 Å². The molecule has 0 aliphatic carbocycles. The molecule has 0 unspecified atom stereocenters. The average Bonchev–Trinajstić information content (AvgIpc) is 3.15. The van der Waals surface area contributed by atoms with E-state index in [1.165, 1.54) is 24.3 Å². The summed E-state index contributed by atoms with van der Waals surface area (Å²) in [5.74, 6) is -0.961. The molecule has 0 bridgehead atoms. The molecule has 0 saturated carbocycles. The van der Waals surface area contributed by atoms with Crippen LogP contribution < -0.4 is 5.69 Å². The minimum atomic E-state index is -4.50. The van der Waals surface area contributed by atoms with Crippen LogP contribution in [0.4, 0.5) is 17.6 Å². The first-order chi connectivity index (χ1) is 15.5. The van der Waals surface area contributed by atoms with E-state index in [-0.39, 0.29) is 36.2 Å². The number of imidazole rings is 1. The van der Waals surface area contributed by atoms with Crippen molar-refractivity contribution in [2.75, 3.05) is 13.1 Å². The van der Waals surface area contributed by atoms with Gasteiger partial charge >= 0.3 is 11.9 Å². The van der Waals surface area contributed by atoms with Crippen molar-refractivity contribution in [3.8, 4) is 0 Å². The fourth-order valence-corrected chi connectivity index (χ4v) is 4.06. The second-order valence-electron chi connectivity index (χ2n) is 8.15. The summed E-state index contributed by atoms with van der Waals surface area (Å²) in [6.45, 7) is 0.869. The van der Waals surface area contributed by atoms with E-state index in [4.69, 9.17) is 0 Å². The van der Waals surface area contributed by atoms with Crippen LogP contribution in [0.1, 0.15) is 45.7 Å². The standard InChI is InChI=1S/C23H21F4N3O3/c24-17-6-4-14(5-7-17)20(31)19-18(28-21(32)29-19)13-30-10-8-22(33,9-11-30)15-2-1-3-16(12-15)23(25,26)27/h1-7,12,33H,8-11,13H2,(H2,28,29,32). The molecule has 0 spiro atoms. The Morgan fingerprint density at radius 1 is 1.06 bits per heavy atom. The number of halogens is 4. The van der Waals surface area contributed by atoms with E-state index in [1.807, 2.05) is 4.90 Å². The zero-order valence-corrected chi connectivity index (χ0v) is 17.4. The van der Waals surface area contributed by atoms with Crippen molar-refractivity contribution >= 4 is 5.78 Å². The number of carbonyl (C=O) groups excluding carboxylic acids is 1. The summed E-state index contributed by atoms with van der Waals surface area (Å²) < 4.78 is 52.3. The molecule has 1 saturated heterocycles. The highest BCUT2D eigenvalue weighted by molar-refractivity contribution is 6.08. The molecule has 1 aliphatic rings. The zero-order chi connectivity index (χ0) is 23.8. The summed E-state index contributed by atoms with van der Waals surface area (Å²) >= 11 is 0. The first-order valence-electron chi connectivity index (χ1n) is 10.3. The van der Waals surface area contributed by atoms with E-state index in [2.05, 4.69) is 9.97 Å². The lowest BCUT2D eigenvalue weighted by molar-refractivity contribution is -0.137. The number of aliphatic hydroxyl groups is 1. The number of hydrogen-bond acceptors (Lipinski definition) is 4. The van der Waals surface area contributed by atoms with E-state index in [1.54, 1.807) is 0 Å². The third-order valence-corrected chi connectivity index (χ3v) is 5.93. The number of carbonyl (C=O) groups is 1. The molecule has 6 nitrogen and oxygen atoms in total. The number of H-pyrrole nitrogens is 2. The van der Waals surface area contributed by atoms with Gasteiger partial charge in [-0.3, -0.25) is 9.69 Å². The summed E-state index contributed by atoms with van der Waals surface area (Å²) in [7, 11) is 0. The molecule has 0 atom stereocenters. The van der Waals surface area contributed by atoms with E-state index >= 15 is 0 Å². The lowest BCUT2D eigenvalue weighted by atomic mass is 9.83. The van der Waals surface area contributed by atoms with Gasteiger partial charge in [0, 0.05) is 25.2 Å². The molecule has 174 valence electrons. The molecule has 0 amide bonds. The Kier molecular flexibility index (Phi) is 5.98. The number of nitrogens with one attached hydrogen (secondary N) is 2. The molecule has 1 aromatic heterocycles. The Morgan fingerprint density at radius 3 is 2.36 bits per heavy atom. The van der Waals surface area contributed by atoms with Crippen molar-refractivity contribution in [3.63, 3.8) is 0 Å². The number of piperidine rings is 1. The van der Waals surface area contributed by atoms with Gasteiger partial charge in [0.25, 0.3) is 0 Å². The van der Waals surface area contributed by atoms with E-state index in [0.29, 0.717) is 18.8 Å². The molecule has 33 heavy (non-hydrogen) atoms. The van der Waals surface area contributed by atoms with Gasteiger partial charge in [0.05, 0.1) is 16.9 Å². The molecule has 0 radical (unpaired) electrons. The normalized spacial score (nSPS) is 16.6. The van der Waals surface area contributed by atoms with Gasteiger partial charge in [-0.25, -0.2) is 9.18 Å². The van der Waals surface area contributed by atoms with Crippen molar-refractivity contribution in [1.29, 1.82) is 0 Å². The molecule has 10 heteroatoms. The molecule has 4 rings (SSSR count). The number of hydrogen-bond donors (Lipinski definition) is 3. The largest absolute Gasteiger partial charge is 0.416 e. The second-order valence-corrected chi connectivity index (χ2v) is 8.15. The fraction of sp³-hybridized carbons (Fsp3) is 0.304. The van der Waals surface area contributed by atoms with E-state index in [9.17, 15) is 32.3 Å². The van der Waals surface area contributed by atoms with Crippen molar-refractivity contribution in [3.05, 3.63) is 92.9 Å². The number of ketones is 1. The predicted molar refractivity (Wildman–Crippen MR) is 111 cm³/mol. The number of aromatic nitrogens is 2. The van der Waals surface area contributed by atoms with Crippen LogP contribution in [0, 0.1) is 5.82 Å². The Morgan fingerprint density at radius 2 is 1.73 bits per heavy atom. The number of aromatic amines is 2. The van der Waals surface area contributed by atoms with Gasteiger partial charge in [-0.15, -0.1) is 0 Å². The van der Waals surface area contributed by atoms with Crippen molar-refractivity contribution in [2.45, 2.75) is 31.2 Å². The minimum absolute atomic E-state index is 0.0605. The molecular formula is C23H21F4N3O3. The zero-order valence-electron chi connectivity index (χ0n) is 17.4. The molecule has 1 aliphatic heterocycles. The van der Waals surface area contributed by atoms with E-state index in [0.717, 1.165) is 24.3 Å². The Labute approximate surface area is 185 Å². The molecule has 3 N–H and O–H groups in total. The van der Waals surface area contributed by atoms with Gasteiger partial charge in [-0.05, 0) is 54.8 Å². The Balaban J connectivity index is 1.47. The second kappa shape index (κ2) is 8.60. The monoisotopic (exact) mass is 463 g/mol. The first kappa shape index (κ1) is 22.9. The van der Waals surface area contributed by atoms with Crippen LogP contribution in [0.25, 0.3) is 0 Å². The molecular weight excluding hydrogens is 442 g/mol. The first-order valence-corrected chi connectivity index (χ1v) is 10.3. The van der Waals surface area contributed by atoms with Gasteiger partial charge in [0.15, 0.2) is 0 Å². The third-order valence-electron chi connectivity index (χ3n) is 5.93. The van der Waals surface area contributed by atoms with Crippen molar-refractivity contribution in [1.82, 2.24) is 14.9 Å². The van der Waals surface area contributed by atoms with Gasteiger partial charge in [0.1, 0.15) is 11.5 Å². The van der Waals surface area contributed by atoms with Gasteiger partial charge in [-0.1, -0.05) is 12.1 Å². The van der Waals surface area contributed by atoms with Crippen molar-refractivity contribution in [2.24, 2.45) is 0 Å². The molecule has 2 aromatic carbocycles. The number of benzene rings is 2. The quantitative estimate of drug-likeness (QED) is 0.399. The maximum absolute atomic E-state index is 13.2. The van der Waals surface area contributed by atoms with Crippen molar-refractivity contribution < 1.29 is 27.5 Å². The summed E-state index contributed by atoms with van der Waals surface area (Å²) in [5.41, 5.74) is -1.96. The topological polar surface area (TPSA) is 89.2 Å². The smallest absolute Gasteiger partial charge is 0.385 e. The predicted octanol–water partition coefficient (Wildman–Crippen LogP) is 3.58. The summed E-state index contributed by atoms with van der Waals surface area (Å²) in [6, 6.07) is 9.64. The number of alkyl halides is 3. The van der Waals surface area contributed by atoms with Crippen LogP contribution in [-0.2, 0) is 18.3 Å². The van der Waals surface area contributed by atoms with Crippen LogP contribution in [-0.4, -0.2) is 38.8 Å². The lowest BCUT2D eigenvalue weighted by Gasteiger charge is -2.38. The highest BCUT2D eigenvalue weighted by Crippen LogP contribution is 2.37. The SMILES string of the molecule is O=C(c1ccc(F)cc1)c1[nH]c(=O)[nH]c1CN1CCC(O)(c2cccc(C(F)(F)F)c2)CC1. The number of likely N-dealkylation sites (tertiary alicyclic amines) is 1. The van der Waals surface area contributed by atoms with Crippen LogP contribution in [0.15, 0.2) is 53.3 Å². The van der Waals surface area contributed by atoms with Gasteiger partial charge < -0.3 is 15.1 Å². The van der Waals surface area contributed by atoms with Gasteiger partial charge in [0.2, 0.25) is 5.78 Å². The molecule has 1 fully saturated rings. The maximum Gasteiger partial charge on any atom is 0.416 e. The Bertz CT molecular complexity index is 1210. The maximum atomic E-state index is 13.2. The third kappa shape index (κ3) is 4.91. The highest BCUT2D eigenvalue weighted by Gasteiger charge is 2.37. The number of nitrogens with zero attached hydrogens (tertiary/aromatic N) is 1. The fourth-order valence-electron chi connectivity index (χ4n) is 4.06. The Hall–Kier alpha value is -3.24. The minimum Gasteiger partial charge on any atom is -0.385 e. The highest BCUT2D eigenvalue weighted by atomic mass is 19.4. The summed E-state index contributed by atoms with van der Waals surface area (Å²) in [6.07, 6.45) is -4.13. The summed E-state index contributed by atoms with van der Waals surface area (Å²) in [5, 5.41) is 11.0. The van der Waals surface area contributed by atoms with Crippen LogP contribution >= 0.6 is 0 Å². The van der Waals surface area contributed by atoms with Crippen LogP contribution in [0.2, 0.25) is 0 Å². The lowest BCUT2D eigenvalue weighted by Crippen LogP contribution is -2.42. The summed E-state index contributed by atoms with van der Waals surface area (Å²) in [4.78, 5) is 31.6. The van der Waals surface area contributed by atoms with Gasteiger partial charge in [-0.2, -0.15) is 13.2 Å². The number of rotatable bonds is 5. The van der Waals surface area contributed by atoms with Crippen LogP contribution in [0.5, 0.6) is 0 Å². The van der Waals surface area contributed by atoms with E-state index < -0.39 is 34.6 Å².